The van der Waals surface area contributed by atoms with Crippen LogP contribution in [0.2, 0.25) is 0 Å². The van der Waals surface area contributed by atoms with E-state index in [1.54, 1.807) is 31.4 Å². The van der Waals surface area contributed by atoms with Crippen LogP contribution in [0.4, 0.5) is 0 Å². The molecule has 0 aliphatic carbocycles. The molecule has 0 bridgehead atoms. The maximum Gasteiger partial charge on any atom is 0.349 e. The van der Waals surface area contributed by atoms with Crippen LogP contribution in [0.5, 0.6) is 5.75 Å². The number of piperidine rings is 1. The minimum absolute atomic E-state index is 0.0142. The second kappa shape index (κ2) is 6.43. The highest BCUT2D eigenvalue weighted by molar-refractivity contribution is 5.96. The number of rotatable bonds is 3. The van der Waals surface area contributed by atoms with E-state index in [0.717, 1.165) is 12.8 Å². The van der Waals surface area contributed by atoms with E-state index >= 15 is 0 Å². The molecule has 2 aromatic rings. The number of ether oxygens (including phenoxy) is 1. The summed E-state index contributed by atoms with van der Waals surface area (Å²) in [5.74, 6) is 0.201. The summed E-state index contributed by atoms with van der Waals surface area (Å²) < 4.78 is 10.5. The topological polar surface area (TPSA) is 80.6 Å². The summed E-state index contributed by atoms with van der Waals surface area (Å²) >= 11 is 0. The van der Waals surface area contributed by atoms with Crippen molar-refractivity contribution in [3.05, 3.63) is 40.2 Å². The highest BCUT2D eigenvalue weighted by Crippen LogP contribution is 2.28. The molecule has 26 heavy (non-hydrogen) atoms. The smallest absolute Gasteiger partial charge is 0.349 e. The molecular weight excluding hydrogens is 332 g/mol. The van der Waals surface area contributed by atoms with Gasteiger partial charge in [0.05, 0.1) is 7.11 Å². The van der Waals surface area contributed by atoms with Crippen molar-refractivity contribution in [3.63, 3.8) is 0 Å². The van der Waals surface area contributed by atoms with Gasteiger partial charge in [-0.1, -0.05) is 0 Å². The van der Waals surface area contributed by atoms with Gasteiger partial charge in [-0.05, 0) is 58.7 Å². The molecule has 1 amide bonds. The quantitative estimate of drug-likeness (QED) is 0.825. The molecule has 1 aliphatic heterocycles. The molecule has 0 unspecified atom stereocenters. The van der Waals surface area contributed by atoms with Crippen molar-refractivity contribution in [2.45, 2.75) is 57.7 Å². The van der Waals surface area contributed by atoms with Gasteiger partial charge in [0.1, 0.15) is 16.9 Å². The molecule has 1 saturated heterocycles. The number of benzene rings is 1. The Kier molecular flexibility index (Phi) is 4.56. The van der Waals surface area contributed by atoms with E-state index in [2.05, 4.69) is 38.3 Å². The molecule has 2 N–H and O–H groups in total. The van der Waals surface area contributed by atoms with Crippen LogP contribution in [0.25, 0.3) is 11.0 Å². The standard InChI is InChI=1S/C20H26N2O4/c1-19(2)10-13(11-20(3,4)22-19)21-17(23)15-8-12-6-7-14(25-5)9-16(12)26-18(15)24/h6-9,13,22H,10-11H2,1-5H3,(H,21,23). The Bertz CT molecular complexity index is 882. The zero-order valence-electron chi connectivity index (χ0n) is 15.9. The van der Waals surface area contributed by atoms with Crippen molar-refractivity contribution >= 4 is 16.9 Å². The van der Waals surface area contributed by atoms with Crippen molar-refractivity contribution in [1.82, 2.24) is 10.6 Å². The molecule has 1 fully saturated rings. The van der Waals surface area contributed by atoms with Crippen LogP contribution in [-0.2, 0) is 0 Å². The average Bonchev–Trinajstić information content (AvgIpc) is 2.50. The Morgan fingerprint density at radius 1 is 1.19 bits per heavy atom. The number of amides is 1. The molecule has 0 atom stereocenters. The zero-order chi connectivity index (χ0) is 19.1. The molecule has 1 aliphatic rings. The van der Waals surface area contributed by atoms with E-state index in [-0.39, 0.29) is 22.7 Å². The fourth-order valence-electron chi connectivity index (χ4n) is 4.06. The highest BCUT2D eigenvalue weighted by Gasteiger charge is 2.38. The molecule has 1 aromatic heterocycles. The van der Waals surface area contributed by atoms with E-state index in [0.29, 0.717) is 16.7 Å². The number of carbonyl (C=O) groups is 1. The summed E-state index contributed by atoms with van der Waals surface area (Å²) in [5.41, 5.74) is -0.406. The Morgan fingerprint density at radius 3 is 2.46 bits per heavy atom. The molecule has 1 aromatic carbocycles. The number of nitrogens with one attached hydrogen (secondary N) is 2. The number of methoxy groups -OCH3 is 1. The number of hydrogen-bond donors (Lipinski definition) is 2. The van der Waals surface area contributed by atoms with Gasteiger partial charge in [-0.2, -0.15) is 0 Å². The summed E-state index contributed by atoms with van der Waals surface area (Å²) in [5, 5.41) is 7.27. The van der Waals surface area contributed by atoms with Crippen LogP contribution < -0.4 is 21.0 Å². The van der Waals surface area contributed by atoms with Crippen LogP contribution in [-0.4, -0.2) is 30.1 Å². The molecule has 6 heteroatoms. The average molecular weight is 358 g/mol. The van der Waals surface area contributed by atoms with E-state index in [1.807, 2.05) is 0 Å². The number of hydrogen-bond acceptors (Lipinski definition) is 5. The minimum atomic E-state index is -0.643. The van der Waals surface area contributed by atoms with Gasteiger partial charge >= 0.3 is 5.63 Å². The van der Waals surface area contributed by atoms with Gasteiger partial charge in [-0.25, -0.2) is 4.79 Å². The van der Waals surface area contributed by atoms with Crippen LogP contribution in [0, 0.1) is 0 Å². The number of fused-ring (bicyclic) bond motifs is 1. The molecule has 140 valence electrons. The van der Waals surface area contributed by atoms with Gasteiger partial charge in [-0.15, -0.1) is 0 Å². The second-order valence-corrected chi connectivity index (χ2v) is 8.32. The third-order valence-corrected chi connectivity index (χ3v) is 4.71. The lowest BCUT2D eigenvalue weighted by atomic mass is 9.79. The summed E-state index contributed by atoms with van der Waals surface area (Å²) in [4.78, 5) is 25.0. The summed E-state index contributed by atoms with van der Waals surface area (Å²) in [6.07, 6.45) is 1.58. The molecule has 0 radical (unpaired) electrons. The summed E-state index contributed by atoms with van der Waals surface area (Å²) in [6, 6.07) is 6.73. The first-order valence-electron chi connectivity index (χ1n) is 8.81. The van der Waals surface area contributed by atoms with Crippen molar-refractivity contribution in [1.29, 1.82) is 0 Å². The third kappa shape index (κ3) is 3.90. The summed E-state index contributed by atoms with van der Waals surface area (Å²) in [6.45, 7) is 8.46. The Balaban J connectivity index is 1.86. The normalized spacial score (nSPS) is 19.3. The first-order chi connectivity index (χ1) is 12.1. The fraction of sp³-hybridized carbons (Fsp3) is 0.500. The maximum absolute atomic E-state index is 12.7. The third-order valence-electron chi connectivity index (χ3n) is 4.71. The molecule has 3 rings (SSSR count). The van der Waals surface area contributed by atoms with Gasteiger partial charge in [0.2, 0.25) is 0 Å². The van der Waals surface area contributed by atoms with Gasteiger partial charge in [0.15, 0.2) is 0 Å². The predicted molar refractivity (Wildman–Crippen MR) is 101 cm³/mol. The van der Waals surface area contributed by atoms with Crippen molar-refractivity contribution < 1.29 is 13.9 Å². The van der Waals surface area contributed by atoms with Crippen molar-refractivity contribution in [2.24, 2.45) is 0 Å². The monoisotopic (exact) mass is 358 g/mol. The molecule has 2 heterocycles. The SMILES string of the molecule is COc1ccc2cc(C(=O)NC3CC(C)(C)NC(C)(C)C3)c(=O)oc2c1. The van der Waals surface area contributed by atoms with Gasteiger partial charge < -0.3 is 19.8 Å². The predicted octanol–water partition coefficient (Wildman–Crippen LogP) is 2.84. The van der Waals surface area contributed by atoms with Crippen LogP contribution in [0.15, 0.2) is 33.5 Å². The maximum atomic E-state index is 12.7. The fourth-order valence-corrected chi connectivity index (χ4v) is 4.06. The lowest BCUT2D eigenvalue weighted by Gasteiger charge is -2.46. The molecule has 6 nitrogen and oxygen atoms in total. The first kappa shape index (κ1) is 18.5. The van der Waals surface area contributed by atoms with Crippen LogP contribution in [0.3, 0.4) is 0 Å². The van der Waals surface area contributed by atoms with Gasteiger partial charge in [-0.3, -0.25) is 4.79 Å². The molecule has 0 spiro atoms. The summed E-state index contributed by atoms with van der Waals surface area (Å²) in [7, 11) is 1.54. The highest BCUT2D eigenvalue weighted by atomic mass is 16.5. The van der Waals surface area contributed by atoms with Gasteiger partial charge in [0, 0.05) is 28.6 Å². The first-order valence-corrected chi connectivity index (χ1v) is 8.81. The molecule has 0 saturated carbocycles. The minimum Gasteiger partial charge on any atom is -0.497 e. The Hall–Kier alpha value is -2.34. The lowest BCUT2D eigenvalue weighted by Crippen LogP contribution is -2.62. The largest absolute Gasteiger partial charge is 0.497 e. The van der Waals surface area contributed by atoms with Crippen molar-refractivity contribution in [3.8, 4) is 5.75 Å². The van der Waals surface area contributed by atoms with Crippen molar-refractivity contribution in [2.75, 3.05) is 7.11 Å². The second-order valence-electron chi connectivity index (χ2n) is 8.32. The van der Waals surface area contributed by atoms with Gasteiger partial charge in [0.25, 0.3) is 5.91 Å². The van der Waals surface area contributed by atoms with E-state index in [4.69, 9.17) is 9.15 Å². The van der Waals surface area contributed by atoms with E-state index in [9.17, 15) is 9.59 Å². The van der Waals surface area contributed by atoms with E-state index in [1.165, 1.54) is 0 Å². The zero-order valence-corrected chi connectivity index (χ0v) is 15.9. The Morgan fingerprint density at radius 2 is 1.85 bits per heavy atom. The molecular formula is C20H26N2O4. The van der Waals surface area contributed by atoms with Crippen LogP contribution in [0.1, 0.15) is 50.9 Å². The van der Waals surface area contributed by atoms with Crippen LogP contribution >= 0.6 is 0 Å². The lowest BCUT2D eigenvalue weighted by molar-refractivity contribution is 0.0870. The Labute approximate surface area is 152 Å². The number of carbonyl (C=O) groups excluding carboxylic acids is 1. The van der Waals surface area contributed by atoms with E-state index < -0.39 is 11.5 Å².